The van der Waals surface area contributed by atoms with E-state index < -0.39 is 21.5 Å². The first kappa shape index (κ1) is 14.5. The van der Waals surface area contributed by atoms with Crippen LogP contribution in [0.25, 0.3) is 0 Å². The third kappa shape index (κ3) is 4.37. The van der Waals surface area contributed by atoms with E-state index in [-0.39, 0.29) is 5.75 Å². The Kier molecular flexibility index (Phi) is 5.15. The Morgan fingerprint density at radius 1 is 1.33 bits per heavy atom. The predicted molar refractivity (Wildman–Crippen MR) is 69.2 cm³/mol. The summed E-state index contributed by atoms with van der Waals surface area (Å²) in [4.78, 5) is 11.1. The lowest BCUT2D eigenvalue weighted by Gasteiger charge is -2.10. The van der Waals surface area contributed by atoms with Gasteiger partial charge in [0.25, 0.3) is 0 Å². The van der Waals surface area contributed by atoms with Crippen LogP contribution in [0, 0.1) is 0 Å². The smallest absolute Gasteiger partial charge is 0.234 e. The Balaban J connectivity index is 2.87. The molecular formula is C12H17NO4S. The van der Waals surface area contributed by atoms with Gasteiger partial charge in [0.1, 0.15) is 11.5 Å². The van der Waals surface area contributed by atoms with Gasteiger partial charge in [0, 0.05) is 12.6 Å². The molecule has 0 fully saturated rings. The van der Waals surface area contributed by atoms with Gasteiger partial charge in [-0.05, 0) is 13.0 Å². The zero-order chi connectivity index (χ0) is 13.6. The van der Waals surface area contributed by atoms with E-state index in [1.807, 2.05) is 6.92 Å². The van der Waals surface area contributed by atoms with Crippen LogP contribution in [0.5, 0.6) is 5.75 Å². The van der Waals surface area contributed by atoms with Crippen LogP contribution in [0.2, 0.25) is 0 Å². The number of carbonyl (C=O) groups excluding carboxylic acids is 1. The number of carbonyl (C=O) groups is 1. The van der Waals surface area contributed by atoms with Crippen LogP contribution in [0.3, 0.4) is 0 Å². The highest BCUT2D eigenvalue weighted by Crippen LogP contribution is 2.20. The average Bonchev–Trinajstić information content (AvgIpc) is 2.31. The summed E-state index contributed by atoms with van der Waals surface area (Å²) in [6.45, 7) is 2.29. The summed E-state index contributed by atoms with van der Waals surface area (Å²) in [6.07, 6.45) is 0. The number of benzene rings is 1. The van der Waals surface area contributed by atoms with Crippen LogP contribution in [0.1, 0.15) is 12.5 Å². The minimum atomic E-state index is -3.48. The van der Waals surface area contributed by atoms with Gasteiger partial charge in [-0.25, -0.2) is 8.42 Å². The summed E-state index contributed by atoms with van der Waals surface area (Å²) in [5.74, 6) is -0.676. The quantitative estimate of drug-likeness (QED) is 0.828. The molecule has 1 aromatic rings. The van der Waals surface area contributed by atoms with Crippen molar-refractivity contribution in [1.82, 2.24) is 5.32 Å². The molecule has 6 heteroatoms. The van der Waals surface area contributed by atoms with Crippen LogP contribution < -0.4 is 10.1 Å². The molecule has 1 amide bonds. The van der Waals surface area contributed by atoms with Gasteiger partial charge in [0.2, 0.25) is 5.91 Å². The van der Waals surface area contributed by atoms with Crippen molar-refractivity contribution in [2.45, 2.75) is 12.7 Å². The lowest BCUT2D eigenvalue weighted by molar-refractivity contribution is -0.118. The Morgan fingerprint density at radius 3 is 2.61 bits per heavy atom. The fraction of sp³-hybridized carbons (Fsp3) is 0.417. The van der Waals surface area contributed by atoms with E-state index in [0.717, 1.165) is 0 Å². The average molecular weight is 271 g/mol. The van der Waals surface area contributed by atoms with Gasteiger partial charge in [0.15, 0.2) is 9.84 Å². The third-order valence-corrected chi connectivity index (χ3v) is 3.73. The molecule has 0 bridgehead atoms. The Hall–Kier alpha value is -1.56. The van der Waals surface area contributed by atoms with Crippen LogP contribution >= 0.6 is 0 Å². The summed E-state index contributed by atoms with van der Waals surface area (Å²) in [5.41, 5.74) is 0.572. The summed E-state index contributed by atoms with van der Waals surface area (Å²) < 4.78 is 29.0. The maximum atomic E-state index is 11.8. The molecule has 0 unspecified atom stereocenters. The van der Waals surface area contributed by atoms with Gasteiger partial charge in [-0.3, -0.25) is 4.79 Å². The number of hydrogen-bond acceptors (Lipinski definition) is 4. The lowest BCUT2D eigenvalue weighted by Crippen LogP contribution is -2.27. The molecule has 0 aliphatic heterocycles. The minimum absolute atomic E-state index is 0.198. The fourth-order valence-corrected chi connectivity index (χ4v) is 2.84. The van der Waals surface area contributed by atoms with Gasteiger partial charge in [-0.1, -0.05) is 18.2 Å². The van der Waals surface area contributed by atoms with Crippen molar-refractivity contribution in [3.8, 4) is 5.75 Å². The number of nitrogens with one attached hydrogen (secondary N) is 1. The van der Waals surface area contributed by atoms with E-state index in [1.54, 1.807) is 24.3 Å². The first-order valence-electron chi connectivity index (χ1n) is 5.60. The number of amides is 1. The molecule has 0 atom stereocenters. The summed E-state index contributed by atoms with van der Waals surface area (Å²) in [7, 11) is -2.07. The zero-order valence-electron chi connectivity index (χ0n) is 10.5. The largest absolute Gasteiger partial charge is 0.494 e. The van der Waals surface area contributed by atoms with E-state index in [0.29, 0.717) is 17.9 Å². The van der Waals surface area contributed by atoms with Crippen LogP contribution in [-0.4, -0.2) is 33.7 Å². The molecule has 18 heavy (non-hydrogen) atoms. The number of ether oxygens (including phenoxy) is 1. The predicted octanol–water partition coefficient (Wildman–Crippen LogP) is 0.746. The van der Waals surface area contributed by atoms with Crippen LogP contribution in [-0.2, 0) is 20.4 Å². The SMILES string of the molecule is CCOc1ccccc1CS(=O)(=O)CC(=O)NC. The maximum absolute atomic E-state index is 11.8. The molecule has 100 valence electrons. The van der Waals surface area contributed by atoms with Crippen LogP contribution in [0.4, 0.5) is 0 Å². The highest BCUT2D eigenvalue weighted by atomic mass is 32.2. The molecule has 1 rings (SSSR count). The molecule has 5 nitrogen and oxygen atoms in total. The van der Waals surface area contributed by atoms with Gasteiger partial charge >= 0.3 is 0 Å². The first-order chi connectivity index (χ1) is 8.48. The lowest BCUT2D eigenvalue weighted by atomic mass is 10.2. The van der Waals surface area contributed by atoms with Crippen molar-refractivity contribution >= 4 is 15.7 Å². The molecule has 0 heterocycles. The van der Waals surface area contributed by atoms with Gasteiger partial charge in [-0.15, -0.1) is 0 Å². The van der Waals surface area contributed by atoms with Crippen molar-refractivity contribution in [2.24, 2.45) is 0 Å². The van der Waals surface area contributed by atoms with Crippen LogP contribution in [0.15, 0.2) is 24.3 Å². The Labute approximate surface area is 107 Å². The Bertz CT molecular complexity index is 511. The fourth-order valence-electron chi connectivity index (χ4n) is 1.48. The van der Waals surface area contributed by atoms with E-state index in [4.69, 9.17) is 4.74 Å². The molecule has 0 aromatic heterocycles. The highest BCUT2D eigenvalue weighted by Gasteiger charge is 2.18. The van der Waals surface area contributed by atoms with E-state index in [9.17, 15) is 13.2 Å². The molecular weight excluding hydrogens is 254 g/mol. The second kappa shape index (κ2) is 6.39. The van der Waals surface area contributed by atoms with Crippen molar-refractivity contribution in [3.05, 3.63) is 29.8 Å². The Morgan fingerprint density at radius 2 is 2.00 bits per heavy atom. The van der Waals surface area contributed by atoms with Crippen molar-refractivity contribution in [2.75, 3.05) is 19.4 Å². The number of sulfone groups is 1. The molecule has 0 aliphatic rings. The van der Waals surface area contributed by atoms with Gasteiger partial charge < -0.3 is 10.1 Å². The van der Waals surface area contributed by atoms with Crippen molar-refractivity contribution < 1.29 is 17.9 Å². The minimum Gasteiger partial charge on any atom is -0.494 e. The molecule has 0 saturated carbocycles. The van der Waals surface area contributed by atoms with E-state index in [1.165, 1.54) is 7.05 Å². The molecule has 0 radical (unpaired) electrons. The summed E-state index contributed by atoms with van der Waals surface area (Å²) in [6, 6.07) is 6.92. The second-order valence-electron chi connectivity index (χ2n) is 3.75. The highest BCUT2D eigenvalue weighted by molar-refractivity contribution is 7.91. The molecule has 0 saturated heterocycles. The summed E-state index contributed by atoms with van der Waals surface area (Å²) >= 11 is 0. The van der Waals surface area contributed by atoms with E-state index in [2.05, 4.69) is 5.32 Å². The first-order valence-corrected chi connectivity index (χ1v) is 7.42. The molecule has 0 spiro atoms. The van der Waals surface area contributed by atoms with E-state index >= 15 is 0 Å². The number of hydrogen-bond donors (Lipinski definition) is 1. The zero-order valence-corrected chi connectivity index (χ0v) is 11.3. The maximum Gasteiger partial charge on any atom is 0.234 e. The molecule has 0 aliphatic carbocycles. The number of rotatable bonds is 6. The monoisotopic (exact) mass is 271 g/mol. The summed E-state index contributed by atoms with van der Waals surface area (Å²) in [5, 5.41) is 2.30. The number of para-hydroxylation sites is 1. The van der Waals surface area contributed by atoms with Crippen molar-refractivity contribution in [1.29, 1.82) is 0 Å². The second-order valence-corrected chi connectivity index (χ2v) is 5.81. The van der Waals surface area contributed by atoms with Gasteiger partial charge in [0.05, 0.1) is 12.4 Å². The molecule has 1 N–H and O–H groups in total. The molecule has 1 aromatic carbocycles. The third-order valence-electron chi connectivity index (χ3n) is 2.28. The standard InChI is InChI=1S/C12H17NO4S/c1-3-17-11-7-5-4-6-10(11)8-18(15,16)9-12(14)13-2/h4-7H,3,8-9H2,1-2H3,(H,13,14). The topological polar surface area (TPSA) is 72.5 Å². The van der Waals surface area contributed by atoms with Gasteiger partial charge in [-0.2, -0.15) is 0 Å². The van der Waals surface area contributed by atoms with Crippen molar-refractivity contribution in [3.63, 3.8) is 0 Å². The normalized spacial score (nSPS) is 11.0.